The summed E-state index contributed by atoms with van der Waals surface area (Å²) < 4.78 is 3.22. The van der Waals surface area contributed by atoms with Gasteiger partial charge in [0.2, 0.25) is 11.9 Å². The quantitative estimate of drug-likeness (QED) is 0.771. The molecular formula is C16H17ClN6O. The highest BCUT2D eigenvalue weighted by Gasteiger charge is 2.11. The Morgan fingerprint density at radius 2 is 2.08 bits per heavy atom. The van der Waals surface area contributed by atoms with Crippen LogP contribution < -0.4 is 5.32 Å². The molecule has 0 fully saturated rings. The Morgan fingerprint density at radius 3 is 2.79 bits per heavy atom. The van der Waals surface area contributed by atoms with Crippen molar-refractivity contribution in [3.8, 4) is 0 Å². The molecule has 3 rings (SSSR count). The molecule has 1 amide bonds. The number of anilines is 1. The summed E-state index contributed by atoms with van der Waals surface area (Å²) in [6.07, 6.45) is 3.11. The monoisotopic (exact) mass is 344 g/mol. The second-order valence-electron chi connectivity index (χ2n) is 5.48. The summed E-state index contributed by atoms with van der Waals surface area (Å²) in [5, 5.41) is 11.5. The van der Waals surface area contributed by atoms with Crippen LogP contribution in [0.2, 0.25) is 5.02 Å². The third-order valence-electron chi connectivity index (χ3n) is 3.72. The molecule has 2 aromatic heterocycles. The van der Waals surface area contributed by atoms with Gasteiger partial charge in [-0.25, -0.2) is 9.67 Å². The molecule has 0 unspecified atom stereocenters. The van der Waals surface area contributed by atoms with Crippen LogP contribution in [0.3, 0.4) is 0 Å². The lowest BCUT2D eigenvalue weighted by Crippen LogP contribution is -2.21. The molecule has 1 N–H and O–H groups in total. The molecule has 0 bridgehead atoms. The van der Waals surface area contributed by atoms with E-state index in [4.69, 9.17) is 11.6 Å². The lowest BCUT2D eigenvalue weighted by molar-refractivity contribution is -0.117. The van der Waals surface area contributed by atoms with Gasteiger partial charge in [0.25, 0.3) is 0 Å². The fourth-order valence-corrected chi connectivity index (χ4v) is 2.41. The van der Waals surface area contributed by atoms with Gasteiger partial charge in [-0.05, 0) is 25.0 Å². The fraction of sp³-hybridized carbons (Fsp3) is 0.250. The van der Waals surface area contributed by atoms with E-state index in [1.54, 1.807) is 17.9 Å². The Hall–Kier alpha value is -2.67. The third-order valence-corrected chi connectivity index (χ3v) is 4.09. The van der Waals surface area contributed by atoms with Gasteiger partial charge in [-0.15, -0.1) is 5.10 Å². The maximum atomic E-state index is 12.1. The van der Waals surface area contributed by atoms with Crippen molar-refractivity contribution in [2.75, 3.05) is 5.32 Å². The molecule has 0 radical (unpaired) electrons. The smallest absolute Gasteiger partial charge is 0.248 e. The lowest BCUT2D eigenvalue weighted by Gasteiger charge is -2.05. The number of nitrogens with one attached hydrogen (secondary N) is 1. The minimum atomic E-state index is -0.258. The minimum Gasteiger partial charge on any atom is -0.292 e. The Morgan fingerprint density at radius 1 is 1.29 bits per heavy atom. The van der Waals surface area contributed by atoms with Gasteiger partial charge in [-0.1, -0.05) is 35.9 Å². The van der Waals surface area contributed by atoms with E-state index in [0.717, 1.165) is 11.3 Å². The summed E-state index contributed by atoms with van der Waals surface area (Å²) in [6.45, 7) is 4.51. The number of aromatic nitrogens is 5. The van der Waals surface area contributed by atoms with Gasteiger partial charge >= 0.3 is 0 Å². The van der Waals surface area contributed by atoms with Crippen LogP contribution in [0.25, 0.3) is 0 Å². The summed E-state index contributed by atoms with van der Waals surface area (Å²) in [5.74, 6) is 0.0102. The van der Waals surface area contributed by atoms with Crippen LogP contribution in [0.1, 0.15) is 16.8 Å². The number of hydrogen-bond acceptors (Lipinski definition) is 4. The lowest BCUT2D eigenvalue weighted by atomic mass is 10.1. The summed E-state index contributed by atoms with van der Waals surface area (Å²) in [7, 11) is 0. The molecule has 24 heavy (non-hydrogen) atoms. The van der Waals surface area contributed by atoms with Crippen LogP contribution in [0.4, 0.5) is 5.95 Å². The summed E-state index contributed by atoms with van der Waals surface area (Å²) in [4.78, 5) is 16.2. The first kappa shape index (κ1) is 16.2. The molecule has 0 atom stereocenters. The van der Waals surface area contributed by atoms with E-state index >= 15 is 0 Å². The number of aryl methyl sites for hydroxylation is 1. The van der Waals surface area contributed by atoms with Crippen molar-refractivity contribution in [3.05, 3.63) is 58.6 Å². The highest BCUT2D eigenvalue weighted by molar-refractivity contribution is 6.31. The van der Waals surface area contributed by atoms with E-state index in [1.165, 1.54) is 16.4 Å². The molecular weight excluding hydrogens is 328 g/mol. The van der Waals surface area contributed by atoms with E-state index in [0.29, 0.717) is 11.6 Å². The maximum Gasteiger partial charge on any atom is 0.248 e. The largest absolute Gasteiger partial charge is 0.292 e. The fourth-order valence-electron chi connectivity index (χ4n) is 2.27. The molecule has 0 spiro atoms. The normalized spacial score (nSPS) is 10.8. The highest BCUT2D eigenvalue weighted by atomic mass is 35.5. The van der Waals surface area contributed by atoms with Crippen molar-refractivity contribution in [3.63, 3.8) is 0 Å². The zero-order valence-electron chi connectivity index (χ0n) is 13.4. The zero-order chi connectivity index (χ0) is 17.1. The predicted octanol–water partition coefficient (Wildman–Crippen LogP) is 2.43. The van der Waals surface area contributed by atoms with E-state index in [1.807, 2.05) is 31.2 Å². The van der Waals surface area contributed by atoms with Crippen molar-refractivity contribution in [1.29, 1.82) is 0 Å². The van der Waals surface area contributed by atoms with Crippen LogP contribution >= 0.6 is 11.6 Å². The first-order chi connectivity index (χ1) is 11.5. The average molecular weight is 345 g/mol. The first-order valence-corrected chi connectivity index (χ1v) is 7.82. The number of hydrogen-bond donors (Lipinski definition) is 1. The average Bonchev–Trinajstić information content (AvgIpc) is 3.11. The summed E-state index contributed by atoms with van der Waals surface area (Å²) in [6, 6.07) is 8.07. The van der Waals surface area contributed by atoms with Crippen LogP contribution in [-0.2, 0) is 17.9 Å². The van der Waals surface area contributed by atoms with Crippen LogP contribution in [0, 0.1) is 13.8 Å². The predicted molar refractivity (Wildman–Crippen MR) is 90.9 cm³/mol. The number of carbonyl (C=O) groups is 1. The molecule has 3 aromatic rings. The standard InChI is InChI=1S/C16H17ClN6O/c1-11-5-3-4-6-13(11)8-22-10-18-16(21-22)20-15(24)9-23-12(2)14(17)7-19-23/h3-7,10H,8-9H2,1-2H3,(H,20,21,24). The van der Waals surface area contributed by atoms with Crippen LogP contribution in [0.15, 0.2) is 36.8 Å². The maximum absolute atomic E-state index is 12.1. The number of benzene rings is 1. The molecule has 0 aliphatic heterocycles. The van der Waals surface area contributed by atoms with Crippen molar-refractivity contribution in [1.82, 2.24) is 24.5 Å². The molecule has 7 nitrogen and oxygen atoms in total. The summed E-state index contributed by atoms with van der Waals surface area (Å²) in [5.41, 5.74) is 3.08. The van der Waals surface area contributed by atoms with Crippen LogP contribution in [0.5, 0.6) is 0 Å². The Kier molecular flexibility index (Phi) is 4.61. The number of rotatable bonds is 5. The van der Waals surface area contributed by atoms with E-state index in [-0.39, 0.29) is 18.4 Å². The van der Waals surface area contributed by atoms with Gasteiger partial charge in [0.15, 0.2) is 0 Å². The first-order valence-electron chi connectivity index (χ1n) is 7.44. The number of nitrogens with zero attached hydrogens (tertiary/aromatic N) is 5. The van der Waals surface area contributed by atoms with Crippen molar-refractivity contribution < 1.29 is 4.79 Å². The second kappa shape index (κ2) is 6.84. The van der Waals surface area contributed by atoms with Gasteiger partial charge in [0, 0.05) is 0 Å². The van der Waals surface area contributed by atoms with Crippen LogP contribution in [-0.4, -0.2) is 30.5 Å². The molecule has 0 saturated carbocycles. The minimum absolute atomic E-state index is 0.0604. The third kappa shape index (κ3) is 3.62. The van der Waals surface area contributed by atoms with Crippen molar-refractivity contribution >= 4 is 23.5 Å². The van der Waals surface area contributed by atoms with Crippen molar-refractivity contribution in [2.45, 2.75) is 26.9 Å². The highest BCUT2D eigenvalue weighted by Crippen LogP contribution is 2.13. The van der Waals surface area contributed by atoms with Gasteiger partial charge in [-0.2, -0.15) is 5.10 Å². The summed E-state index contributed by atoms with van der Waals surface area (Å²) >= 11 is 5.92. The number of carbonyl (C=O) groups excluding carboxylic acids is 1. The second-order valence-corrected chi connectivity index (χ2v) is 5.88. The van der Waals surface area contributed by atoms with E-state index in [2.05, 4.69) is 20.5 Å². The molecule has 124 valence electrons. The molecule has 0 aliphatic rings. The van der Waals surface area contributed by atoms with Gasteiger partial charge in [0.1, 0.15) is 12.9 Å². The topological polar surface area (TPSA) is 77.6 Å². The number of halogens is 1. The Bertz CT molecular complexity index is 869. The molecule has 0 aliphatic carbocycles. The zero-order valence-corrected chi connectivity index (χ0v) is 14.2. The number of amides is 1. The molecule has 8 heteroatoms. The van der Waals surface area contributed by atoms with Gasteiger partial charge in [0.05, 0.1) is 23.5 Å². The van der Waals surface area contributed by atoms with Crippen molar-refractivity contribution in [2.24, 2.45) is 0 Å². The Balaban J connectivity index is 1.62. The van der Waals surface area contributed by atoms with Gasteiger partial charge < -0.3 is 0 Å². The Labute approximate surface area is 144 Å². The molecule has 1 aromatic carbocycles. The van der Waals surface area contributed by atoms with E-state index in [9.17, 15) is 4.79 Å². The van der Waals surface area contributed by atoms with Gasteiger partial charge in [-0.3, -0.25) is 14.8 Å². The SMILES string of the molecule is Cc1ccccc1Cn1cnc(NC(=O)Cn2ncc(Cl)c2C)n1. The molecule has 2 heterocycles. The van der Waals surface area contributed by atoms with E-state index < -0.39 is 0 Å². The molecule has 0 saturated heterocycles.